The van der Waals surface area contributed by atoms with Crippen molar-refractivity contribution in [2.24, 2.45) is 0 Å². The Morgan fingerprint density at radius 3 is 2.83 bits per heavy atom. The fourth-order valence-corrected chi connectivity index (χ4v) is 2.13. The number of rotatable bonds is 5. The van der Waals surface area contributed by atoms with Gasteiger partial charge in [-0.2, -0.15) is 0 Å². The minimum atomic E-state index is -1.25. The number of nitrogens with zero attached hydrogens (tertiary/aromatic N) is 1. The monoisotopic (exact) mass is 325 g/mol. The Kier molecular flexibility index (Phi) is 5.09. The van der Waals surface area contributed by atoms with Crippen LogP contribution in [0.4, 0.5) is 0 Å². The second-order valence-electron chi connectivity index (χ2n) is 4.87. The van der Waals surface area contributed by atoms with Crippen LogP contribution in [0, 0.1) is 0 Å². The zero-order chi connectivity index (χ0) is 17.0. The van der Waals surface area contributed by atoms with Crippen LogP contribution in [-0.2, 0) is 14.3 Å². The van der Waals surface area contributed by atoms with Crippen molar-refractivity contribution in [3.63, 3.8) is 0 Å². The van der Waals surface area contributed by atoms with E-state index < -0.39 is 41.6 Å². The number of hydrogen-bond donors (Lipinski definition) is 4. The predicted molar refractivity (Wildman–Crippen MR) is 75.6 cm³/mol. The molecule has 1 amide bonds. The lowest BCUT2D eigenvalue weighted by molar-refractivity contribution is -0.131. The minimum absolute atomic E-state index is 0.0570. The van der Waals surface area contributed by atoms with E-state index >= 15 is 0 Å². The van der Waals surface area contributed by atoms with Crippen LogP contribution >= 0.6 is 0 Å². The Labute approximate surface area is 129 Å². The molecule has 2 rings (SSSR count). The Hall–Kier alpha value is -2.72. The maximum atomic E-state index is 11.7. The van der Waals surface area contributed by atoms with E-state index in [1.807, 2.05) is 0 Å². The van der Waals surface area contributed by atoms with Crippen molar-refractivity contribution in [1.82, 2.24) is 14.9 Å². The largest absolute Gasteiger partial charge is 0.478 e. The number of carbonyl (C=O) groups excluding carboxylic acids is 1. The van der Waals surface area contributed by atoms with Crippen molar-refractivity contribution in [3.8, 4) is 0 Å². The van der Waals surface area contributed by atoms with Gasteiger partial charge >= 0.3 is 11.7 Å². The molecule has 0 radical (unpaired) electrons. The van der Waals surface area contributed by atoms with Crippen LogP contribution in [-0.4, -0.2) is 50.4 Å². The molecule has 0 aliphatic carbocycles. The number of nitrogens with one attached hydrogen (secondary N) is 2. The van der Waals surface area contributed by atoms with Crippen LogP contribution in [0.5, 0.6) is 0 Å². The van der Waals surface area contributed by atoms with E-state index in [2.05, 4.69) is 10.3 Å². The van der Waals surface area contributed by atoms with Crippen LogP contribution < -0.4 is 16.6 Å². The fourth-order valence-electron chi connectivity index (χ4n) is 2.13. The van der Waals surface area contributed by atoms with Crippen LogP contribution in [0.1, 0.15) is 12.6 Å². The molecule has 1 aromatic rings. The van der Waals surface area contributed by atoms with Gasteiger partial charge in [0, 0.05) is 37.4 Å². The molecule has 0 spiro atoms. The smallest absolute Gasteiger partial charge is 0.330 e. The summed E-state index contributed by atoms with van der Waals surface area (Å²) in [7, 11) is 0. The molecule has 4 N–H and O–H groups in total. The SMILES string of the molecule is O=C(O)/C=C\C(=O)NC[C@H]1O[C@@H](n2ccc(=O)[nH]c2=O)C[C@@H]1O. The van der Waals surface area contributed by atoms with Gasteiger partial charge in [0.1, 0.15) is 12.3 Å². The number of aliphatic carboxylic acids is 1. The fraction of sp³-hybridized carbons (Fsp3) is 0.385. The Morgan fingerprint density at radius 1 is 1.43 bits per heavy atom. The number of ether oxygens (including phenoxy) is 1. The maximum absolute atomic E-state index is 11.7. The Balaban J connectivity index is 1.96. The first-order valence-electron chi connectivity index (χ1n) is 6.70. The first-order valence-corrected chi connectivity index (χ1v) is 6.70. The molecule has 10 heteroatoms. The van der Waals surface area contributed by atoms with Crippen molar-refractivity contribution >= 4 is 11.9 Å². The number of amides is 1. The molecule has 1 aromatic heterocycles. The number of carbonyl (C=O) groups is 2. The summed E-state index contributed by atoms with van der Waals surface area (Å²) in [5.41, 5.74) is -1.21. The number of carboxylic acid groups (broad SMARTS) is 1. The van der Waals surface area contributed by atoms with Gasteiger partial charge in [-0.15, -0.1) is 0 Å². The molecule has 0 aromatic carbocycles. The van der Waals surface area contributed by atoms with Gasteiger partial charge in [0.05, 0.1) is 6.10 Å². The number of aromatic nitrogens is 2. The van der Waals surface area contributed by atoms with E-state index in [1.165, 1.54) is 6.20 Å². The molecule has 0 saturated carbocycles. The predicted octanol–water partition coefficient (Wildman–Crippen LogP) is -2.06. The summed E-state index contributed by atoms with van der Waals surface area (Å²) in [4.78, 5) is 46.4. The summed E-state index contributed by atoms with van der Waals surface area (Å²) in [6, 6.07) is 1.16. The zero-order valence-corrected chi connectivity index (χ0v) is 11.8. The van der Waals surface area contributed by atoms with Crippen molar-refractivity contribution < 1.29 is 24.5 Å². The molecule has 124 valence electrons. The number of hydrogen-bond acceptors (Lipinski definition) is 6. The highest BCUT2D eigenvalue weighted by molar-refractivity contribution is 5.93. The van der Waals surface area contributed by atoms with Crippen molar-refractivity contribution in [3.05, 3.63) is 45.3 Å². The van der Waals surface area contributed by atoms with E-state index in [0.29, 0.717) is 6.08 Å². The molecule has 2 heterocycles. The number of aliphatic hydroxyl groups excluding tert-OH is 1. The first-order chi connectivity index (χ1) is 10.9. The van der Waals surface area contributed by atoms with Crippen LogP contribution in [0.2, 0.25) is 0 Å². The number of H-pyrrole nitrogens is 1. The molecule has 1 aliphatic rings. The van der Waals surface area contributed by atoms with Gasteiger partial charge in [-0.05, 0) is 0 Å². The second kappa shape index (κ2) is 7.03. The third-order valence-corrected chi connectivity index (χ3v) is 3.22. The van der Waals surface area contributed by atoms with Gasteiger partial charge in [-0.25, -0.2) is 9.59 Å². The third-order valence-electron chi connectivity index (χ3n) is 3.22. The summed E-state index contributed by atoms with van der Waals surface area (Å²) in [5, 5.41) is 20.7. The topological polar surface area (TPSA) is 151 Å². The first kappa shape index (κ1) is 16.6. The average Bonchev–Trinajstić information content (AvgIpc) is 2.83. The Bertz CT molecular complexity index is 736. The molecule has 1 fully saturated rings. The minimum Gasteiger partial charge on any atom is -0.478 e. The maximum Gasteiger partial charge on any atom is 0.330 e. The highest BCUT2D eigenvalue weighted by atomic mass is 16.5. The molecule has 23 heavy (non-hydrogen) atoms. The van der Waals surface area contributed by atoms with Gasteiger partial charge in [-0.1, -0.05) is 0 Å². The van der Waals surface area contributed by atoms with E-state index in [0.717, 1.165) is 16.7 Å². The van der Waals surface area contributed by atoms with E-state index in [-0.39, 0.29) is 13.0 Å². The van der Waals surface area contributed by atoms with Gasteiger partial charge < -0.3 is 20.3 Å². The summed E-state index contributed by atoms with van der Waals surface area (Å²) in [6.07, 6.45) is 0.429. The normalized spacial score (nSPS) is 24.0. The molecule has 10 nitrogen and oxygen atoms in total. The number of carboxylic acids is 1. The highest BCUT2D eigenvalue weighted by Crippen LogP contribution is 2.26. The molecule has 3 atom stereocenters. The quantitative estimate of drug-likeness (QED) is 0.454. The highest BCUT2D eigenvalue weighted by Gasteiger charge is 2.35. The Morgan fingerprint density at radius 2 is 2.17 bits per heavy atom. The van der Waals surface area contributed by atoms with Crippen molar-refractivity contribution in [1.29, 1.82) is 0 Å². The summed E-state index contributed by atoms with van der Waals surface area (Å²) in [6.45, 7) is -0.0570. The zero-order valence-electron chi connectivity index (χ0n) is 11.8. The molecular weight excluding hydrogens is 310 g/mol. The average molecular weight is 325 g/mol. The molecule has 1 aliphatic heterocycles. The number of aromatic amines is 1. The van der Waals surface area contributed by atoms with E-state index in [9.17, 15) is 24.3 Å². The lowest BCUT2D eigenvalue weighted by atomic mass is 10.2. The van der Waals surface area contributed by atoms with Crippen molar-refractivity contribution in [2.45, 2.75) is 24.9 Å². The molecule has 0 bridgehead atoms. The van der Waals surface area contributed by atoms with Gasteiger partial charge in [-0.3, -0.25) is 19.1 Å². The van der Waals surface area contributed by atoms with Gasteiger partial charge in [0.15, 0.2) is 0 Å². The van der Waals surface area contributed by atoms with Gasteiger partial charge in [0.2, 0.25) is 5.91 Å². The third kappa shape index (κ3) is 4.37. The summed E-state index contributed by atoms with van der Waals surface area (Å²) >= 11 is 0. The second-order valence-corrected chi connectivity index (χ2v) is 4.87. The summed E-state index contributed by atoms with van der Waals surface area (Å²) in [5.74, 6) is -1.90. The van der Waals surface area contributed by atoms with Crippen molar-refractivity contribution in [2.75, 3.05) is 6.54 Å². The number of aliphatic hydroxyl groups is 1. The molecular formula is C13H15N3O7. The lowest BCUT2D eigenvalue weighted by Crippen LogP contribution is -2.36. The van der Waals surface area contributed by atoms with Crippen LogP contribution in [0.3, 0.4) is 0 Å². The molecule has 1 saturated heterocycles. The standard InChI is InChI=1S/C13H15N3O7/c17-7-5-11(16-4-3-10(19)15-13(16)22)23-8(7)6-14-9(18)1-2-12(20)21/h1-4,7-8,11,17H,5-6H2,(H,14,18)(H,20,21)(H,15,19,22)/b2-1-/t7-,8+,11+/m0/s1. The molecule has 0 unspecified atom stereocenters. The van der Waals surface area contributed by atoms with E-state index in [4.69, 9.17) is 9.84 Å². The van der Waals surface area contributed by atoms with Gasteiger partial charge in [0.25, 0.3) is 5.56 Å². The van der Waals surface area contributed by atoms with Crippen LogP contribution in [0.15, 0.2) is 34.0 Å². The van der Waals surface area contributed by atoms with Crippen LogP contribution in [0.25, 0.3) is 0 Å². The van der Waals surface area contributed by atoms with E-state index in [1.54, 1.807) is 0 Å². The lowest BCUT2D eigenvalue weighted by Gasteiger charge is -2.16. The summed E-state index contributed by atoms with van der Waals surface area (Å²) < 4.78 is 6.63.